The van der Waals surface area contributed by atoms with Gasteiger partial charge < -0.3 is 4.90 Å². The van der Waals surface area contributed by atoms with Crippen molar-refractivity contribution in [3.8, 4) is 0 Å². The molecular weight excluding hydrogens is 436 g/mol. The highest BCUT2D eigenvalue weighted by molar-refractivity contribution is 7.89. The Labute approximate surface area is 179 Å². The summed E-state index contributed by atoms with van der Waals surface area (Å²) in [7, 11) is -2.37. The number of amides is 1. The Kier molecular flexibility index (Phi) is 7.07. The third-order valence-electron chi connectivity index (χ3n) is 5.03. The topological polar surface area (TPSA) is 60.9 Å². The van der Waals surface area contributed by atoms with Crippen LogP contribution in [0.3, 0.4) is 0 Å². The summed E-state index contributed by atoms with van der Waals surface area (Å²) in [6, 6.07) is 9.61. The third kappa shape index (κ3) is 4.97. The molecule has 0 bridgehead atoms. The third-order valence-corrected chi connectivity index (χ3v) is 7.31. The SMILES string of the molecule is CN(Cc1c(F)cccc1Cl)C(=O)CN1CCN(S(=O)(=O)c2ccccc2F)CC1. The van der Waals surface area contributed by atoms with E-state index in [-0.39, 0.29) is 47.6 Å². The molecule has 0 spiro atoms. The standard InChI is InChI=1S/C20H22ClF2N3O3S/c1-24(13-15-16(21)5-4-7-17(15)22)20(27)14-25-9-11-26(12-10-25)30(28,29)19-8-3-2-6-18(19)23/h2-8H,9-14H2,1H3. The van der Waals surface area contributed by atoms with Crippen molar-refractivity contribution in [3.05, 3.63) is 64.7 Å². The number of piperazine rings is 1. The fraction of sp³-hybridized carbons (Fsp3) is 0.350. The Morgan fingerprint density at radius 1 is 1.03 bits per heavy atom. The van der Waals surface area contributed by atoms with E-state index in [9.17, 15) is 22.0 Å². The van der Waals surface area contributed by atoms with Crippen LogP contribution in [0.4, 0.5) is 8.78 Å². The van der Waals surface area contributed by atoms with Crippen LogP contribution < -0.4 is 0 Å². The van der Waals surface area contributed by atoms with Crippen molar-refractivity contribution in [1.82, 2.24) is 14.1 Å². The van der Waals surface area contributed by atoms with Gasteiger partial charge in [0.05, 0.1) is 6.54 Å². The first-order valence-electron chi connectivity index (χ1n) is 9.34. The van der Waals surface area contributed by atoms with Gasteiger partial charge >= 0.3 is 0 Å². The van der Waals surface area contributed by atoms with Crippen molar-refractivity contribution in [2.45, 2.75) is 11.4 Å². The zero-order valence-electron chi connectivity index (χ0n) is 16.4. The zero-order chi connectivity index (χ0) is 21.9. The molecule has 162 valence electrons. The molecule has 0 atom stereocenters. The average Bonchev–Trinajstić information content (AvgIpc) is 2.71. The number of rotatable bonds is 6. The summed E-state index contributed by atoms with van der Waals surface area (Å²) in [5.74, 6) is -1.50. The second kappa shape index (κ2) is 9.38. The molecule has 2 aromatic carbocycles. The second-order valence-electron chi connectivity index (χ2n) is 7.06. The molecule has 1 saturated heterocycles. The van der Waals surface area contributed by atoms with E-state index in [1.165, 1.54) is 39.5 Å². The lowest BCUT2D eigenvalue weighted by Crippen LogP contribution is -2.51. The lowest BCUT2D eigenvalue weighted by molar-refractivity contribution is -0.131. The Hall–Kier alpha value is -2.07. The number of likely N-dealkylation sites (N-methyl/N-ethyl adjacent to an activating group) is 1. The Balaban J connectivity index is 1.56. The van der Waals surface area contributed by atoms with Crippen molar-refractivity contribution >= 4 is 27.5 Å². The fourth-order valence-electron chi connectivity index (χ4n) is 3.24. The predicted molar refractivity (Wildman–Crippen MR) is 109 cm³/mol. The summed E-state index contributed by atoms with van der Waals surface area (Å²) in [6.45, 7) is 1.04. The maximum absolute atomic E-state index is 13.9. The van der Waals surface area contributed by atoms with Gasteiger partial charge in [-0.3, -0.25) is 9.69 Å². The molecule has 1 fully saturated rings. The molecule has 6 nitrogen and oxygen atoms in total. The highest BCUT2D eigenvalue weighted by atomic mass is 35.5. The van der Waals surface area contributed by atoms with E-state index in [4.69, 9.17) is 11.6 Å². The van der Waals surface area contributed by atoms with Gasteiger partial charge in [-0.2, -0.15) is 4.31 Å². The van der Waals surface area contributed by atoms with Gasteiger partial charge in [-0.25, -0.2) is 17.2 Å². The molecule has 0 aromatic heterocycles. The van der Waals surface area contributed by atoms with Gasteiger partial charge in [-0.1, -0.05) is 29.8 Å². The van der Waals surface area contributed by atoms with Gasteiger partial charge in [0.15, 0.2) is 0 Å². The van der Waals surface area contributed by atoms with E-state index in [1.54, 1.807) is 13.1 Å². The average molecular weight is 458 g/mol. The normalized spacial score (nSPS) is 15.9. The number of carbonyl (C=O) groups excluding carboxylic acids is 1. The van der Waals surface area contributed by atoms with Crippen LogP contribution >= 0.6 is 11.6 Å². The van der Waals surface area contributed by atoms with E-state index >= 15 is 0 Å². The van der Waals surface area contributed by atoms with Gasteiger partial charge in [0.25, 0.3) is 0 Å². The van der Waals surface area contributed by atoms with Crippen molar-refractivity contribution in [3.63, 3.8) is 0 Å². The van der Waals surface area contributed by atoms with Gasteiger partial charge in [0.1, 0.15) is 16.5 Å². The van der Waals surface area contributed by atoms with Crippen LogP contribution in [0, 0.1) is 11.6 Å². The number of sulfonamides is 1. The van der Waals surface area contributed by atoms with Crippen molar-refractivity contribution in [2.75, 3.05) is 39.8 Å². The van der Waals surface area contributed by atoms with Crippen LogP contribution in [0.1, 0.15) is 5.56 Å². The van der Waals surface area contributed by atoms with Crippen LogP contribution in [-0.2, 0) is 21.4 Å². The zero-order valence-corrected chi connectivity index (χ0v) is 18.0. The molecule has 0 aliphatic carbocycles. The Morgan fingerprint density at radius 2 is 1.67 bits per heavy atom. The molecule has 10 heteroatoms. The highest BCUT2D eigenvalue weighted by Gasteiger charge is 2.31. The van der Waals surface area contributed by atoms with E-state index in [2.05, 4.69) is 0 Å². The van der Waals surface area contributed by atoms with Gasteiger partial charge in [-0.15, -0.1) is 0 Å². The lowest BCUT2D eigenvalue weighted by Gasteiger charge is -2.34. The second-order valence-corrected chi connectivity index (χ2v) is 9.37. The van der Waals surface area contributed by atoms with Crippen LogP contribution in [-0.4, -0.2) is 68.2 Å². The molecule has 1 aliphatic rings. The molecule has 1 heterocycles. The molecule has 0 saturated carbocycles. The van der Waals surface area contributed by atoms with Gasteiger partial charge in [0.2, 0.25) is 15.9 Å². The predicted octanol–water partition coefficient (Wildman–Crippen LogP) is 2.58. The number of halogens is 3. The number of carbonyl (C=O) groups is 1. The van der Waals surface area contributed by atoms with E-state index in [0.717, 1.165) is 6.07 Å². The largest absolute Gasteiger partial charge is 0.340 e. The van der Waals surface area contributed by atoms with E-state index in [1.807, 2.05) is 4.90 Å². The minimum Gasteiger partial charge on any atom is -0.340 e. The molecular formula is C20H22ClF2N3O3S. The fourth-order valence-corrected chi connectivity index (χ4v) is 4.95. The van der Waals surface area contributed by atoms with Gasteiger partial charge in [-0.05, 0) is 24.3 Å². The first-order chi connectivity index (χ1) is 14.2. The number of benzene rings is 2. The maximum atomic E-state index is 13.9. The summed E-state index contributed by atoms with van der Waals surface area (Å²) in [4.78, 5) is 15.4. The first kappa shape index (κ1) is 22.6. The minimum absolute atomic E-state index is 0.0337. The molecule has 1 aliphatic heterocycles. The van der Waals surface area contributed by atoms with E-state index < -0.39 is 21.7 Å². The lowest BCUT2D eigenvalue weighted by atomic mass is 10.2. The summed E-state index contributed by atoms with van der Waals surface area (Å²) in [5, 5.41) is 0.251. The van der Waals surface area contributed by atoms with Crippen molar-refractivity contribution < 1.29 is 22.0 Å². The smallest absolute Gasteiger partial charge is 0.246 e. The molecule has 3 rings (SSSR count). The number of nitrogens with zero attached hydrogens (tertiary/aromatic N) is 3. The number of hydrogen-bond donors (Lipinski definition) is 0. The monoisotopic (exact) mass is 457 g/mol. The molecule has 2 aromatic rings. The summed E-state index contributed by atoms with van der Waals surface area (Å²) >= 11 is 6.01. The Morgan fingerprint density at radius 3 is 2.30 bits per heavy atom. The van der Waals surface area contributed by atoms with Crippen molar-refractivity contribution in [2.24, 2.45) is 0 Å². The number of hydrogen-bond acceptors (Lipinski definition) is 4. The first-order valence-corrected chi connectivity index (χ1v) is 11.2. The minimum atomic E-state index is -3.93. The van der Waals surface area contributed by atoms with Crippen molar-refractivity contribution in [1.29, 1.82) is 0 Å². The van der Waals surface area contributed by atoms with Crippen LogP contribution in [0.15, 0.2) is 47.4 Å². The summed E-state index contributed by atoms with van der Waals surface area (Å²) < 4.78 is 54.4. The molecule has 0 unspecified atom stereocenters. The van der Waals surface area contributed by atoms with Crippen LogP contribution in [0.2, 0.25) is 5.02 Å². The quantitative estimate of drug-likeness (QED) is 0.669. The van der Waals surface area contributed by atoms with Crippen LogP contribution in [0.25, 0.3) is 0 Å². The van der Waals surface area contributed by atoms with E-state index in [0.29, 0.717) is 13.1 Å². The maximum Gasteiger partial charge on any atom is 0.246 e. The molecule has 0 radical (unpaired) electrons. The molecule has 1 amide bonds. The summed E-state index contributed by atoms with van der Waals surface area (Å²) in [6.07, 6.45) is 0. The Bertz CT molecular complexity index is 1010. The molecule has 0 N–H and O–H groups in total. The van der Waals surface area contributed by atoms with Gasteiger partial charge in [0, 0.05) is 50.4 Å². The highest BCUT2D eigenvalue weighted by Crippen LogP contribution is 2.22. The summed E-state index contributed by atoms with van der Waals surface area (Å²) in [5.41, 5.74) is 0.246. The molecule has 30 heavy (non-hydrogen) atoms. The van der Waals surface area contributed by atoms with Crippen LogP contribution in [0.5, 0.6) is 0 Å².